The van der Waals surface area contributed by atoms with Crippen LogP contribution in [0.25, 0.3) is 22.4 Å². The Kier molecular flexibility index (Phi) is 1.70. The molecular formula is C17H12. The zero-order valence-corrected chi connectivity index (χ0v) is 9.48. The van der Waals surface area contributed by atoms with Gasteiger partial charge in [0.05, 0.1) is 0 Å². The summed E-state index contributed by atoms with van der Waals surface area (Å²) in [4.78, 5) is 0. The summed E-state index contributed by atoms with van der Waals surface area (Å²) in [6.07, 6.45) is 10.00. The van der Waals surface area contributed by atoms with Crippen molar-refractivity contribution in [3.8, 4) is 0 Å². The quantitative estimate of drug-likeness (QED) is 0.635. The van der Waals surface area contributed by atoms with Crippen LogP contribution < -0.4 is 10.4 Å². The van der Waals surface area contributed by atoms with Crippen LogP contribution in [-0.2, 0) is 0 Å². The van der Waals surface area contributed by atoms with Crippen molar-refractivity contribution in [3.63, 3.8) is 0 Å². The van der Waals surface area contributed by atoms with E-state index in [0.29, 0.717) is 0 Å². The molecule has 2 aliphatic rings. The molecule has 4 rings (SSSR count). The van der Waals surface area contributed by atoms with E-state index in [1.54, 1.807) is 0 Å². The molecule has 0 spiro atoms. The van der Waals surface area contributed by atoms with Gasteiger partial charge in [0.15, 0.2) is 0 Å². The maximum Gasteiger partial charge on any atom is -0.00822 e. The Morgan fingerprint density at radius 2 is 1.88 bits per heavy atom. The number of rotatable bonds is 0. The van der Waals surface area contributed by atoms with Crippen LogP contribution in [0.2, 0.25) is 0 Å². The fraction of sp³-hybridized carbons (Fsp3) is 0.0588. The van der Waals surface area contributed by atoms with E-state index in [0.717, 1.165) is 6.42 Å². The number of hydrogen-bond donors (Lipinski definition) is 0. The SMILES string of the molecule is C1=CCC2=c3ccc4ccccc4c3=CC2=C1. The van der Waals surface area contributed by atoms with Crippen LogP contribution in [-0.4, -0.2) is 0 Å². The Labute approximate surface area is 99.9 Å². The van der Waals surface area contributed by atoms with E-state index in [9.17, 15) is 0 Å². The fourth-order valence-corrected chi connectivity index (χ4v) is 2.85. The lowest BCUT2D eigenvalue weighted by atomic mass is 10.00. The lowest BCUT2D eigenvalue weighted by Gasteiger charge is -2.05. The van der Waals surface area contributed by atoms with E-state index < -0.39 is 0 Å². The summed E-state index contributed by atoms with van der Waals surface area (Å²) in [6.45, 7) is 0. The molecule has 17 heavy (non-hydrogen) atoms. The van der Waals surface area contributed by atoms with Gasteiger partial charge in [0.1, 0.15) is 0 Å². The lowest BCUT2D eigenvalue weighted by Crippen LogP contribution is -2.23. The largest absolute Gasteiger partial charge is 0.0801 e. The zero-order valence-electron chi connectivity index (χ0n) is 9.48. The van der Waals surface area contributed by atoms with Gasteiger partial charge in [-0.2, -0.15) is 0 Å². The minimum Gasteiger partial charge on any atom is -0.0801 e. The summed E-state index contributed by atoms with van der Waals surface area (Å²) in [5.74, 6) is 0. The lowest BCUT2D eigenvalue weighted by molar-refractivity contribution is 1.36. The van der Waals surface area contributed by atoms with Crippen LogP contribution in [0, 0.1) is 0 Å². The third kappa shape index (κ3) is 1.18. The molecule has 0 aliphatic heterocycles. The number of allylic oxidation sites excluding steroid dienone is 4. The molecule has 0 amide bonds. The Morgan fingerprint density at radius 3 is 2.88 bits per heavy atom. The Morgan fingerprint density at radius 1 is 0.941 bits per heavy atom. The second-order valence-corrected chi connectivity index (χ2v) is 4.63. The highest BCUT2D eigenvalue weighted by Gasteiger charge is 2.12. The third-order valence-electron chi connectivity index (χ3n) is 3.68. The first-order chi connectivity index (χ1) is 8.43. The summed E-state index contributed by atoms with van der Waals surface area (Å²) in [5.41, 5.74) is 2.87. The highest BCUT2D eigenvalue weighted by Crippen LogP contribution is 2.23. The van der Waals surface area contributed by atoms with Crippen LogP contribution in [0.1, 0.15) is 6.42 Å². The Bertz CT molecular complexity index is 802. The number of fused-ring (bicyclic) bond motifs is 4. The van der Waals surface area contributed by atoms with Crippen LogP contribution in [0.4, 0.5) is 0 Å². The minimum absolute atomic E-state index is 1.06. The smallest absolute Gasteiger partial charge is 0.00822 e. The van der Waals surface area contributed by atoms with Crippen molar-refractivity contribution in [2.24, 2.45) is 0 Å². The second-order valence-electron chi connectivity index (χ2n) is 4.63. The highest BCUT2D eigenvalue weighted by atomic mass is 14.2. The minimum atomic E-state index is 1.06. The predicted octanol–water partition coefficient (Wildman–Crippen LogP) is 2.67. The third-order valence-corrected chi connectivity index (χ3v) is 3.68. The Hall–Kier alpha value is -2.08. The summed E-state index contributed by atoms with van der Waals surface area (Å²) in [5, 5.41) is 5.51. The first-order valence-electron chi connectivity index (χ1n) is 6.03. The molecule has 0 radical (unpaired) electrons. The molecule has 0 aromatic heterocycles. The maximum absolute atomic E-state index is 2.33. The van der Waals surface area contributed by atoms with Gasteiger partial charge < -0.3 is 0 Å². The molecule has 0 saturated heterocycles. The number of hydrogen-bond acceptors (Lipinski definition) is 0. The van der Waals surface area contributed by atoms with Gasteiger partial charge in [-0.05, 0) is 44.9 Å². The van der Waals surface area contributed by atoms with Gasteiger partial charge in [-0.1, -0.05) is 54.6 Å². The molecule has 0 N–H and O–H groups in total. The molecule has 0 fully saturated rings. The van der Waals surface area contributed by atoms with Crippen molar-refractivity contribution < 1.29 is 0 Å². The fourth-order valence-electron chi connectivity index (χ4n) is 2.85. The monoisotopic (exact) mass is 216 g/mol. The van der Waals surface area contributed by atoms with Crippen LogP contribution >= 0.6 is 0 Å². The van der Waals surface area contributed by atoms with Gasteiger partial charge in [-0.15, -0.1) is 0 Å². The maximum atomic E-state index is 2.33. The zero-order chi connectivity index (χ0) is 11.2. The van der Waals surface area contributed by atoms with Crippen LogP contribution in [0.15, 0.2) is 60.2 Å². The molecule has 0 heteroatoms. The topological polar surface area (TPSA) is 0 Å². The molecule has 2 aromatic carbocycles. The molecule has 2 aromatic rings. The van der Waals surface area contributed by atoms with Gasteiger partial charge in [-0.3, -0.25) is 0 Å². The predicted molar refractivity (Wildman–Crippen MR) is 72.9 cm³/mol. The molecule has 2 aliphatic carbocycles. The van der Waals surface area contributed by atoms with E-state index in [2.05, 4.69) is 60.7 Å². The summed E-state index contributed by atoms with van der Waals surface area (Å²) in [7, 11) is 0. The van der Waals surface area contributed by atoms with Gasteiger partial charge in [-0.25, -0.2) is 0 Å². The molecular weight excluding hydrogens is 204 g/mol. The first-order valence-corrected chi connectivity index (χ1v) is 6.03. The number of benzene rings is 2. The summed E-state index contributed by atoms with van der Waals surface area (Å²) < 4.78 is 0. The molecule has 80 valence electrons. The molecule has 0 saturated carbocycles. The first kappa shape index (κ1) is 9.00. The Balaban J connectivity index is 2.25. The molecule has 0 nitrogen and oxygen atoms in total. The van der Waals surface area contributed by atoms with E-state index in [-0.39, 0.29) is 0 Å². The summed E-state index contributed by atoms with van der Waals surface area (Å²) >= 11 is 0. The standard InChI is InChI=1S/C17H12/c1-3-7-14-12(5-1)9-10-16-15-8-4-2-6-13(15)11-17(14)16/h1-7,9-11H,8H2. The van der Waals surface area contributed by atoms with E-state index in [4.69, 9.17) is 0 Å². The molecule has 0 heterocycles. The molecule has 0 atom stereocenters. The van der Waals surface area contributed by atoms with E-state index >= 15 is 0 Å². The van der Waals surface area contributed by atoms with Crippen molar-refractivity contribution in [2.45, 2.75) is 6.42 Å². The van der Waals surface area contributed by atoms with E-state index in [1.165, 1.54) is 32.4 Å². The molecule has 0 bridgehead atoms. The van der Waals surface area contributed by atoms with Gasteiger partial charge in [0, 0.05) is 0 Å². The van der Waals surface area contributed by atoms with Crippen LogP contribution in [0.5, 0.6) is 0 Å². The normalized spacial score (nSPS) is 16.5. The van der Waals surface area contributed by atoms with Crippen molar-refractivity contribution in [1.82, 2.24) is 0 Å². The van der Waals surface area contributed by atoms with Gasteiger partial charge in [0.2, 0.25) is 0 Å². The average Bonchev–Trinajstić information content (AvgIpc) is 2.78. The van der Waals surface area contributed by atoms with Gasteiger partial charge >= 0.3 is 0 Å². The summed E-state index contributed by atoms with van der Waals surface area (Å²) in [6, 6.07) is 13.1. The highest BCUT2D eigenvalue weighted by molar-refractivity contribution is 5.92. The van der Waals surface area contributed by atoms with Gasteiger partial charge in [0.25, 0.3) is 0 Å². The van der Waals surface area contributed by atoms with Crippen molar-refractivity contribution in [3.05, 3.63) is 70.6 Å². The van der Waals surface area contributed by atoms with E-state index in [1.807, 2.05) is 0 Å². The van der Waals surface area contributed by atoms with Crippen molar-refractivity contribution >= 4 is 22.4 Å². The van der Waals surface area contributed by atoms with Crippen molar-refractivity contribution in [1.29, 1.82) is 0 Å². The van der Waals surface area contributed by atoms with Crippen molar-refractivity contribution in [2.75, 3.05) is 0 Å². The molecule has 0 unspecified atom stereocenters. The van der Waals surface area contributed by atoms with Crippen LogP contribution in [0.3, 0.4) is 0 Å². The average molecular weight is 216 g/mol. The second kappa shape index (κ2) is 3.21.